The monoisotopic (exact) mass is 236 g/mol. The Morgan fingerprint density at radius 3 is 2.31 bits per heavy atom. The van der Waals surface area contributed by atoms with Gasteiger partial charge in [0.2, 0.25) is 0 Å². The van der Waals surface area contributed by atoms with Crippen LogP contribution in [-0.2, 0) is 4.79 Å². The highest BCUT2D eigenvalue weighted by Crippen LogP contribution is 2.18. The minimum Gasteiger partial charge on any atom is -0.481 e. The van der Waals surface area contributed by atoms with Gasteiger partial charge in [-0.3, -0.25) is 4.79 Å². The molecule has 2 nitrogen and oxygen atoms in total. The van der Waals surface area contributed by atoms with E-state index >= 15 is 0 Å². The lowest BCUT2D eigenvalue weighted by Crippen LogP contribution is -2.18. The quantitative estimate of drug-likeness (QED) is 0.630. The number of hydrogen-bond donors (Lipinski definition) is 1. The predicted octanol–water partition coefficient (Wildman–Crippen LogP) is 3.15. The maximum absolute atomic E-state index is 10.8. The molecular weight excluding hydrogens is 220 g/mol. The van der Waals surface area contributed by atoms with Gasteiger partial charge in [0.15, 0.2) is 0 Å². The van der Waals surface area contributed by atoms with Gasteiger partial charge in [0.25, 0.3) is 0 Å². The van der Waals surface area contributed by atoms with Gasteiger partial charge in [-0.15, -0.1) is 0 Å². The summed E-state index contributed by atoms with van der Waals surface area (Å²) in [6.45, 7) is 3.70. The first-order valence-corrected chi connectivity index (χ1v) is 5.75. The molecule has 0 heterocycles. The van der Waals surface area contributed by atoms with Crippen LogP contribution in [0.4, 0.5) is 0 Å². The molecule has 1 rings (SSSR count). The normalized spacial score (nSPS) is 14.1. The Morgan fingerprint density at radius 2 is 1.81 bits per heavy atom. The van der Waals surface area contributed by atoms with Crippen molar-refractivity contribution in [3.05, 3.63) is 35.9 Å². The summed E-state index contributed by atoms with van der Waals surface area (Å²) >= 11 is 5.36. The molecule has 0 aromatic heterocycles. The van der Waals surface area contributed by atoms with Crippen LogP contribution in [0.3, 0.4) is 0 Å². The fraction of sp³-hybridized carbons (Fsp3) is 0.385. The summed E-state index contributed by atoms with van der Waals surface area (Å²) in [6, 6.07) is 9.75. The van der Waals surface area contributed by atoms with Crippen LogP contribution in [0.1, 0.15) is 25.8 Å². The van der Waals surface area contributed by atoms with Crippen LogP contribution in [0, 0.1) is 11.8 Å². The van der Waals surface area contributed by atoms with Gasteiger partial charge in [0.1, 0.15) is 0 Å². The van der Waals surface area contributed by atoms with Gasteiger partial charge in [-0.25, -0.2) is 0 Å². The predicted molar refractivity (Wildman–Crippen MR) is 68.7 cm³/mol. The number of benzene rings is 1. The van der Waals surface area contributed by atoms with Crippen LogP contribution in [0.2, 0.25) is 0 Å². The second kappa shape index (κ2) is 5.75. The van der Waals surface area contributed by atoms with Crippen molar-refractivity contribution in [2.75, 3.05) is 0 Å². The van der Waals surface area contributed by atoms with E-state index in [1.807, 2.05) is 37.3 Å². The SMILES string of the molecule is CC(CC(C)C(=S)c1ccccc1)C(=O)O. The van der Waals surface area contributed by atoms with Gasteiger partial charge < -0.3 is 5.11 Å². The molecule has 0 aliphatic heterocycles. The molecule has 1 aromatic rings. The number of hydrogen-bond acceptors (Lipinski definition) is 2. The van der Waals surface area contributed by atoms with E-state index in [2.05, 4.69) is 0 Å². The molecule has 0 spiro atoms. The van der Waals surface area contributed by atoms with Gasteiger partial charge in [-0.1, -0.05) is 56.4 Å². The highest BCUT2D eigenvalue weighted by atomic mass is 32.1. The molecule has 1 N–H and O–H groups in total. The van der Waals surface area contributed by atoms with Crippen molar-refractivity contribution >= 4 is 23.1 Å². The van der Waals surface area contributed by atoms with Crippen LogP contribution < -0.4 is 0 Å². The summed E-state index contributed by atoms with van der Waals surface area (Å²) in [6.07, 6.45) is 0.586. The topological polar surface area (TPSA) is 37.3 Å². The van der Waals surface area contributed by atoms with Crippen molar-refractivity contribution in [3.8, 4) is 0 Å². The first kappa shape index (κ1) is 12.8. The minimum atomic E-state index is -0.761. The fourth-order valence-corrected chi connectivity index (χ4v) is 1.86. The maximum atomic E-state index is 10.8. The third kappa shape index (κ3) is 3.42. The summed E-state index contributed by atoms with van der Waals surface area (Å²) in [7, 11) is 0. The third-order valence-corrected chi connectivity index (χ3v) is 3.27. The van der Waals surface area contributed by atoms with Crippen molar-refractivity contribution in [1.29, 1.82) is 0 Å². The molecule has 2 atom stereocenters. The van der Waals surface area contributed by atoms with E-state index in [4.69, 9.17) is 17.3 Å². The molecule has 3 heteroatoms. The number of carboxylic acid groups (broad SMARTS) is 1. The smallest absolute Gasteiger partial charge is 0.306 e. The van der Waals surface area contributed by atoms with E-state index in [1.54, 1.807) is 6.92 Å². The minimum absolute atomic E-state index is 0.114. The zero-order chi connectivity index (χ0) is 12.1. The van der Waals surface area contributed by atoms with E-state index < -0.39 is 5.97 Å². The second-order valence-electron chi connectivity index (χ2n) is 4.11. The summed E-state index contributed by atoms with van der Waals surface area (Å²) < 4.78 is 0. The first-order valence-electron chi connectivity index (χ1n) is 5.34. The Morgan fingerprint density at radius 1 is 1.25 bits per heavy atom. The number of rotatable bonds is 5. The van der Waals surface area contributed by atoms with Gasteiger partial charge >= 0.3 is 5.97 Å². The summed E-state index contributed by atoms with van der Waals surface area (Å²) in [5.74, 6) is -0.997. The Kier molecular flexibility index (Phi) is 4.62. The summed E-state index contributed by atoms with van der Waals surface area (Å²) in [5, 5.41) is 8.84. The zero-order valence-corrected chi connectivity index (χ0v) is 10.3. The molecule has 0 aliphatic rings. The molecule has 0 aliphatic carbocycles. The number of carboxylic acids is 1. The molecule has 1 aromatic carbocycles. The highest BCUT2D eigenvalue weighted by Gasteiger charge is 2.18. The molecular formula is C13H16O2S. The average molecular weight is 236 g/mol. The highest BCUT2D eigenvalue weighted by molar-refractivity contribution is 7.80. The molecule has 0 radical (unpaired) electrons. The zero-order valence-electron chi connectivity index (χ0n) is 9.51. The Bertz CT molecular complexity index is 373. The van der Waals surface area contributed by atoms with E-state index in [-0.39, 0.29) is 11.8 Å². The van der Waals surface area contributed by atoms with Crippen molar-refractivity contribution < 1.29 is 9.90 Å². The van der Waals surface area contributed by atoms with E-state index in [0.717, 1.165) is 10.4 Å². The molecule has 0 amide bonds. The second-order valence-corrected chi connectivity index (χ2v) is 4.55. The molecule has 0 saturated heterocycles. The number of thiocarbonyl (C=S) groups is 1. The summed E-state index contributed by atoms with van der Waals surface area (Å²) in [4.78, 5) is 11.6. The number of aliphatic carboxylic acids is 1. The fourth-order valence-electron chi connectivity index (χ4n) is 1.63. The first-order chi connectivity index (χ1) is 7.52. The third-order valence-electron chi connectivity index (χ3n) is 2.63. The van der Waals surface area contributed by atoms with Crippen molar-refractivity contribution in [1.82, 2.24) is 0 Å². The standard InChI is InChI=1S/C13H16O2S/c1-9(8-10(2)13(14)15)12(16)11-6-4-3-5-7-11/h3-7,9-10H,8H2,1-2H3,(H,14,15). The van der Waals surface area contributed by atoms with E-state index in [9.17, 15) is 4.79 Å². The molecule has 2 unspecified atom stereocenters. The Labute approximate surface area is 101 Å². The van der Waals surface area contributed by atoms with Crippen molar-refractivity contribution in [2.24, 2.45) is 11.8 Å². The average Bonchev–Trinajstić information content (AvgIpc) is 2.28. The van der Waals surface area contributed by atoms with Crippen LogP contribution >= 0.6 is 12.2 Å². The van der Waals surface area contributed by atoms with Crippen molar-refractivity contribution in [3.63, 3.8) is 0 Å². The van der Waals surface area contributed by atoms with Crippen LogP contribution in [0.25, 0.3) is 0 Å². The largest absolute Gasteiger partial charge is 0.481 e. The Hall–Kier alpha value is -1.22. The van der Waals surface area contributed by atoms with Gasteiger partial charge in [0, 0.05) is 4.86 Å². The van der Waals surface area contributed by atoms with Crippen molar-refractivity contribution in [2.45, 2.75) is 20.3 Å². The lowest BCUT2D eigenvalue weighted by Gasteiger charge is -2.15. The molecule has 0 bridgehead atoms. The van der Waals surface area contributed by atoms with E-state index in [0.29, 0.717) is 6.42 Å². The van der Waals surface area contributed by atoms with Crippen LogP contribution in [-0.4, -0.2) is 15.9 Å². The van der Waals surface area contributed by atoms with E-state index in [1.165, 1.54) is 0 Å². The number of carbonyl (C=O) groups is 1. The van der Waals surface area contributed by atoms with Gasteiger partial charge in [-0.05, 0) is 17.9 Å². The van der Waals surface area contributed by atoms with Gasteiger partial charge in [-0.2, -0.15) is 0 Å². The maximum Gasteiger partial charge on any atom is 0.306 e. The molecule has 86 valence electrons. The Balaban J connectivity index is 2.65. The molecule has 0 saturated carbocycles. The van der Waals surface area contributed by atoms with Gasteiger partial charge in [0.05, 0.1) is 5.92 Å². The molecule has 16 heavy (non-hydrogen) atoms. The molecule has 0 fully saturated rings. The summed E-state index contributed by atoms with van der Waals surface area (Å²) in [5.41, 5.74) is 1.02. The van der Waals surface area contributed by atoms with Crippen LogP contribution in [0.5, 0.6) is 0 Å². The lowest BCUT2D eigenvalue weighted by atomic mass is 9.91. The van der Waals surface area contributed by atoms with Crippen LogP contribution in [0.15, 0.2) is 30.3 Å². The lowest BCUT2D eigenvalue weighted by molar-refractivity contribution is -0.141.